The largest absolute Gasteiger partial charge is 0.504 e. The minimum absolute atomic E-state index is 0.0532. The lowest BCUT2D eigenvalue weighted by atomic mass is 10.2. The smallest absolute Gasteiger partial charge is 0.264 e. The summed E-state index contributed by atoms with van der Waals surface area (Å²) in [5.74, 6) is 0.0572. The second kappa shape index (κ2) is 4.96. The van der Waals surface area contributed by atoms with Crippen LogP contribution in [0.25, 0.3) is 0 Å². The first kappa shape index (κ1) is 13.8. The number of benzene rings is 2. The van der Waals surface area contributed by atoms with E-state index in [-0.39, 0.29) is 16.4 Å². The first-order valence-corrected chi connectivity index (χ1v) is 7.95. The van der Waals surface area contributed by atoms with Crippen molar-refractivity contribution in [1.29, 1.82) is 0 Å². The van der Waals surface area contributed by atoms with Gasteiger partial charge in [0, 0.05) is 12.6 Å². The van der Waals surface area contributed by atoms with Gasteiger partial charge in [0.2, 0.25) is 0 Å². The zero-order valence-corrected chi connectivity index (χ0v) is 12.3. The summed E-state index contributed by atoms with van der Waals surface area (Å²) >= 11 is 0. The van der Waals surface area contributed by atoms with Crippen molar-refractivity contribution in [2.45, 2.75) is 11.3 Å². The van der Waals surface area contributed by atoms with Crippen molar-refractivity contribution >= 4 is 15.7 Å². The summed E-state index contributed by atoms with van der Waals surface area (Å²) < 4.78 is 31.8. The molecule has 3 rings (SSSR count). The monoisotopic (exact) mass is 305 g/mol. The molecule has 0 aromatic heterocycles. The number of fused-ring (bicyclic) bond motifs is 1. The van der Waals surface area contributed by atoms with Crippen LogP contribution in [0.15, 0.2) is 47.4 Å². The van der Waals surface area contributed by atoms with Crippen LogP contribution in [-0.4, -0.2) is 27.2 Å². The number of para-hydroxylation sites is 1. The third-order valence-electron chi connectivity index (χ3n) is 3.58. The molecular formula is C15H15NO4S. The van der Waals surface area contributed by atoms with E-state index in [0.717, 1.165) is 5.56 Å². The van der Waals surface area contributed by atoms with E-state index in [2.05, 4.69) is 0 Å². The molecule has 110 valence electrons. The molecule has 0 spiro atoms. The highest BCUT2D eigenvalue weighted by molar-refractivity contribution is 7.92. The fourth-order valence-electron chi connectivity index (χ4n) is 2.52. The van der Waals surface area contributed by atoms with Gasteiger partial charge in [0.25, 0.3) is 10.0 Å². The van der Waals surface area contributed by atoms with Crippen molar-refractivity contribution in [3.05, 3.63) is 48.0 Å². The molecule has 0 radical (unpaired) electrons. The molecule has 0 saturated carbocycles. The van der Waals surface area contributed by atoms with Crippen LogP contribution in [0.1, 0.15) is 5.56 Å². The Bertz CT molecular complexity index is 786. The predicted octanol–water partition coefficient (Wildman–Crippen LogP) is 2.15. The molecule has 0 fully saturated rings. The Morgan fingerprint density at radius 1 is 1.19 bits per heavy atom. The number of aromatic hydroxyl groups is 1. The fourth-order valence-corrected chi connectivity index (χ4v) is 4.04. The van der Waals surface area contributed by atoms with E-state index < -0.39 is 10.0 Å². The standard InChI is InChI=1S/C15H15NO4S/c1-20-15-7-6-12(10-14(15)17)21(18,19)16-9-8-11-4-2-3-5-13(11)16/h2-7,10,17H,8-9H2,1H3. The fraction of sp³-hybridized carbons (Fsp3) is 0.200. The highest BCUT2D eigenvalue weighted by Crippen LogP contribution is 2.35. The Balaban J connectivity index is 2.04. The number of ether oxygens (including phenoxy) is 1. The molecule has 2 aromatic rings. The molecule has 1 heterocycles. The van der Waals surface area contributed by atoms with E-state index in [4.69, 9.17) is 4.74 Å². The van der Waals surface area contributed by atoms with Crippen molar-refractivity contribution in [2.24, 2.45) is 0 Å². The lowest BCUT2D eigenvalue weighted by Crippen LogP contribution is -2.29. The molecule has 2 aromatic carbocycles. The summed E-state index contributed by atoms with van der Waals surface area (Å²) in [5, 5.41) is 9.78. The zero-order valence-electron chi connectivity index (χ0n) is 11.5. The molecule has 1 aliphatic rings. The Labute approximate surface area is 123 Å². The second-order valence-electron chi connectivity index (χ2n) is 4.79. The SMILES string of the molecule is COc1ccc(S(=O)(=O)N2CCc3ccccc32)cc1O. The van der Waals surface area contributed by atoms with Gasteiger partial charge in [-0.25, -0.2) is 8.42 Å². The molecule has 0 saturated heterocycles. The van der Waals surface area contributed by atoms with Gasteiger partial charge in [-0.15, -0.1) is 0 Å². The quantitative estimate of drug-likeness (QED) is 0.943. The average molecular weight is 305 g/mol. The second-order valence-corrected chi connectivity index (χ2v) is 6.65. The van der Waals surface area contributed by atoms with Crippen molar-refractivity contribution in [3.63, 3.8) is 0 Å². The minimum Gasteiger partial charge on any atom is -0.504 e. The maximum Gasteiger partial charge on any atom is 0.264 e. The van der Waals surface area contributed by atoms with Gasteiger partial charge in [0.1, 0.15) is 0 Å². The predicted molar refractivity (Wildman–Crippen MR) is 79.3 cm³/mol. The van der Waals surface area contributed by atoms with Gasteiger partial charge < -0.3 is 9.84 Å². The van der Waals surface area contributed by atoms with Crippen LogP contribution in [0, 0.1) is 0 Å². The van der Waals surface area contributed by atoms with E-state index in [0.29, 0.717) is 18.7 Å². The van der Waals surface area contributed by atoms with E-state index in [1.54, 1.807) is 6.07 Å². The Morgan fingerprint density at radius 2 is 1.95 bits per heavy atom. The van der Waals surface area contributed by atoms with Crippen molar-refractivity contribution in [2.75, 3.05) is 18.0 Å². The lowest BCUT2D eigenvalue weighted by Gasteiger charge is -2.19. The number of sulfonamides is 1. The molecule has 1 N–H and O–H groups in total. The van der Waals surface area contributed by atoms with Crippen LogP contribution in [0.2, 0.25) is 0 Å². The molecule has 5 nitrogen and oxygen atoms in total. The topological polar surface area (TPSA) is 66.8 Å². The number of methoxy groups -OCH3 is 1. The van der Waals surface area contributed by atoms with Gasteiger partial charge in [-0.3, -0.25) is 4.31 Å². The van der Waals surface area contributed by atoms with Gasteiger partial charge in [-0.1, -0.05) is 18.2 Å². The van der Waals surface area contributed by atoms with Crippen LogP contribution in [0.5, 0.6) is 11.5 Å². The Kier molecular flexibility index (Phi) is 3.25. The van der Waals surface area contributed by atoms with E-state index >= 15 is 0 Å². The van der Waals surface area contributed by atoms with Crippen molar-refractivity contribution in [3.8, 4) is 11.5 Å². The van der Waals surface area contributed by atoms with Gasteiger partial charge in [0.15, 0.2) is 11.5 Å². The maximum absolute atomic E-state index is 12.7. The zero-order chi connectivity index (χ0) is 15.0. The third kappa shape index (κ3) is 2.21. The highest BCUT2D eigenvalue weighted by atomic mass is 32.2. The molecule has 6 heteroatoms. The van der Waals surface area contributed by atoms with E-state index in [1.165, 1.54) is 29.6 Å². The summed E-state index contributed by atoms with van der Waals surface area (Å²) in [7, 11) is -2.27. The molecule has 0 atom stereocenters. The molecule has 0 unspecified atom stereocenters. The van der Waals surface area contributed by atoms with Crippen LogP contribution in [0.4, 0.5) is 5.69 Å². The summed E-state index contributed by atoms with van der Waals surface area (Å²) in [6.45, 7) is 0.411. The van der Waals surface area contributed by atoms with Crippen LogP contribution in [0.3, 0.4) is 0 Å². The molecule has 1 aliphatic heterocycles. The number of anilines is 1. The van der Waals surface area contributed by atoms with Crippen LogP contribution >= 0.6 is 0 Å². The molecule has 0 amide bonds. The van der Waals surface area contributed by atoms with Gasteiger partial charge in [-0.05, 0) is 30.2 Å². The molecule has 0 aliphatic carbocycles. The Hall–Kier alpha value is -2.21. The van der Waals surface area contributed by atoms with Gasteiger partial charge in [0.05, 0.1) is 17.7 Å². The third-order valence-corrected chi connectivity index (χ3v) is 5.39. The first-order chi connectivity index (χ1) is 10.0. The highest BCUT2D eigenvalue weighted by Gasteiger charge is 2.31. The lowest BCUT2D eigenvalue weighted by molar-refractivity contribution is 0.372. The summed E-state index contributed by atoms with van der Waals surface area (Å²) in [6, 6.07) is 11.5. The number of nitrogens with zero attached hydrogens (tertiary/aromatic N) is 1. The summed E-state index contributed by atoms with van der Waals surface area (Å²) in [6.07, 6.45) is 0.692. The average Bonchev–Trinajstić information content (AvgIpc) is 2.91. The molecule has 0 bridgehead atoms. The van der Waals surface area contributed by atoms with E-state index in [9.17, 15) is 13.5 Å². The minimum atomic E-state index is -3.68. The molecule has 21 heavy (non-hydrogen) atoms. The summed E-state index contributed by atoms with van der Waals surface area (Å²) in [5.41, 5.74) is 1.71. The number of phenolic OH excluding ortho intramolecular Hbond substituents is 1. The first-order valence-electron chi connectivity index (χ1n) is 6.51. The van der Waals surface area contributed by atoms with Crippen molar-refractivity contribution < 1.29 is 18.3 Å². The Morgan fingerprint density at radius 3 is 2.67 bits per heavy atom. The van der Waals surface area contributed by atoms with Crippen LogP contribution < -0.4 is 9.04 Å². The van der Waals surface area contributed by atoms with Crippen LogP contribution in [-0.2, 0) is 16.4 Å². The van der Waals surface area contributed by atoms with E-state index in [1.807, 2.05) is 18.2 Å². The van der Waals surface area contributed by atoms with Gasteiger partial charge in [-0.2, -0.15) is 0 Å². The van der Waals surface area contributed by atoms with Crippen molar-refractivity contribution in [1.82, 2.24) is 0 Å². The van der Waals surface area contributed by atoms with Gasteiger partial charge >= 0.3 is 0 Å². The number of hydrogen-bond donors (Lipinski definition) is 1. The summed E-state index contributed by atoms with van der Waals surface area (Å²) in [4.78, 5) is 0.0532. The maximum atomic E-state index is 12.7. The number of phenols is 1. The normalized spacial score (nSPS) is 14.0. The number of rotatable bonds is 3. The molecular weight excluding hydrogens is 290 g/mol. The number of hydrogen-bond acceptors (Lipinski definition) is 4.